The minimum atomic E-state index is -3.48. The molecule has 0 radical (unpaired) electrons. The van der Waals surface area contributed by atoms with Gasteiger partial charge >= 0.3 is 0 Å². The molecule has 0 bridgehead atoms. The Balaban J connectivity index is 2.26. The standard InChI is InChI=1S/C11H13ClO3S/c1-8-2-4-10-6-9(7-16(12,13)14)3-5-11(10)15-8/h3,5-6,8H,2,4,7H2,1H3. The summed E-state index contributed by atoms with van der Waals surface area (Å²) >= 11 is 0. The van der Waals surface area contributed by atoms with E-state index >= 15 is 0 Å². The van der Waals surface area contributed by atoms with Crippen molar-refractivity contribution in [3.05, 3.63) is 29.3 Å². The average Bonchev–Trinajstić information content (AvgIpc) is 2.16. The van der Waals surface area contributed by atoms with Gasteiger partial charge in [-0.25, -0.2) is 8.42 Å². The summed E-state index contributed by atoms with van der Waals surface area (Å²) < 4.78 is 27.5. The van der Waals surface area contributed by atoms with E-state index in [2.05, 4.69) is 0 Å². The van der Waals surface area contributed by atoms with Gasteiger partial charge in [0, 0.05) is 10.7 Å². The van der Waals surface area contributed by atoms with Crippen LogP contribution in [0.25, 0.3) is 0 Å². The number of rotatable bonds is 2. The van der Waals surface area contributed by atoms with Gasteiger partial charge in [0.25, 0.3) is 0 Å². The molecule has 0 spiro atoms. The van der Waals surface area contributed by atoms with Gasteiger partial charge in [0.15, 0.2) is 0 Å². The Bertz CT molecular complexity index is 496. The Labute approximate surface area is 99.8 Å². The van der Waals surface area contributed by atoms with Gasteiger partial charge in [-0.1, -0.05) is 12.1 Å². The average molecular weight is 261 g/mol. The topological polar surface area (TPSA) is 43.4 Å². The fraction of sp³-hybridized carbons (Fsp3) is 0.455. The van der Waals surface area contributed by atoms with Gasteiger partial charge in [-0.3, -0.25) is 0 Å². The molecule has 2 rings (SSSR count). The third-order valence-corrected chi connectivity index (χ3v) is 3.62. The molecule has 5 heteroatoms. The van der Waals surface area contributed by atoms with Gasteiger partial charge in [0.05, 0.1) is 11.9 Å². The van der Waals surface area contributed by atoms with E-state index in [1.165, 1.54) is 0 Å². The number of hydrogen-bond acceptors (Lipinski definition) is 3. The molecule has 1 heterocycles. The minimum absolute atomic E-state index is 0.128. The Morgan fingerprint density at radius 2 is 2.25 bits per heavy atom. The van der Waals surface area contributed by atoms with Crippen molar-refractivity contribution in [2.75, 3.05) is 0 Å². The van der Waals surface area contributed by atoms with Crippen LogP contribution in [-0.4, -0.2) is 14.5 Å². The molecule has 0 fully saturated rings. The van der Waals surface area contributed by atoms with Crippen LogP contribution >= 0.6 is 10.7 Å². The summed E-state index contributed by atoms with van der Waals surface area (Å²) in [6, 6.07) is 5.43. The predicted molar refractivity (Wildman–Crippen MR) is 63.3 cm³/mol. The van der Waals surface area contributed by atoms with Crippen LogP contribution in [0.2, 0.25) is 0 Å². The van der Waals surface area contributed by atoms with Gasteiger partial charge < -0.3 is 4.74 Å². The number of ether oxygens (including phenoxy) is 1. The monoisotopic (exact) mass is 260 g/mol. The molecule has 3 nitrogen and oxygen atoms in total. The van der Waals surface area contributed by atoms with Gasteiger partial charge in [0.1, 0.15) is 5.75 Å². The van der Waals surface area contributed by atoms with Crippen LogP contribution in [0, 0.1) is 0 Å². The first kappa shape index (κ1) is 11.7. The zero-order valence-corrected chi connectivity index (χ0v) is 10.5. The molecule has 1 aliphatic heterocycles. The first-order valence-electron chi connectivity index (χ1n) is 5.15. The van der Waals surface area contributed by atoms with E-state index in [0.29, 0.717) is 5.56 Å². The van der Waals surface area contributed by atoms with E-state index < -0.39 is 9.05 Å². The lowest BCUT2D eigenvalue weighted by molar-refractivity contribution is 0.192. The Hall–Kier alpha value is -0.740. The molecule has 1 aromatic carbocycles. The second-order valence-corrected chi connectivity index (χ2v) is 6.87. The summed E-state index contributed by atoms with van der Waals surface area (Å²) in [5.41, 5.74) is 1.78. The number of hydrogen-bond donors (Lipinski definition) is 0. The third-order valence-electron chi connectivity index (χ3n) is 2.61. The summed E-state index contributed by atoms with van der Waals surface area (Å²) in [5, 5.41) is 0. The maximum absolute atomic E-state index is 11.0. The SMILES string of the molecule is CC1CCc2cc(CS(=O)(=O)Cl)ccc2O1. The third kappa shape index (κ3) is 2.89. The van der Waals surface area contributed by atoms with E-state index in [-0.39, 0.29) is 11.9 Å². The highest BCUT2D eigenvalue weighted by atomic mass is 35.7. The summed E-state index contributed by atoms with van der Waals surface area (Å²) in [5.74, 6) is 0.728. The van der Waals surface area contributed by atoms with Crippen molar-refractivity contribution >= 4 is 19.7 Å². The largest absolute Gasteiger partial charge is 0.490 e. The van der Waals surface area contributed by atoms with Crippen molar-refractivity contribution in [2.45, 2.75) is 31.6 Å². The number of fused-ring (bicyclic) bond motifs is 1. The lowest BCUT2D eigenvalue weighted by Gasteiger charge is -2.23. The molecule has 0 amide bonds. The maximum atomic E-state index is 11.0. The molecule has 0 N–H and O–H groups in total. The van der Waals surface area contributed by atoms with Crippen LogP contribution in [0.4, 0.5) is 0 Å². The number of halogens is 1. The van der Waals surface area contributed by atoms with Gasteiger partial charge in [-0.05, 0) is 37.0 Å². The molecule has 1 aliphatic rings. The normalized spacial score (nSPS) is 20.0. The fourth-order valence-electron chi connectivity index (χ4n) is 1.87. The Kier molecular flexibility index (Phi) is 3.13. The Morgan fingerprint density at radius 3 is 2.94 bits per heavy atom. The van der Waals surface area contributed by atoms with Crippen molar-refractivity contribution in [3.8, 4) is 5.75 Å². The molecular formula is C11H13ClO3S. The molecule has 0 aromatic heterocycles. The zero-order valence-electron chi connectivity index (χ0n) is 8.94. The van der Waals surface area contributed by atoms with Crippen molar-refractivity contribution < 1.29 is 13.2 Å². The summed E-state index contributed by atoms with van der Waals surface area (Å²) in [7, 11) is 1.73. The van der Waals surface area contributed by atoms with Crippen molar-refractivity contribution in [1.29, 1.82) is 0 Å². The predicted octanol–water partition coefficient (Wildman–Crippen LogP) is 2.47. The molecular weight excluding hydrogens is 248 g/mol. The lowest BCUT2D eigenvalue weighted by Crippen LogP contribution is -2.18. The molecule has 1 unspecified atom stereocenters. The molecule has 0 saturated carbocycles. The highest BCUT2D eigenvalue weighted by Crippen LogP contribution is 2.29. The first-order chi connectivity index (χ1) is 7.44. The molecule has 1 aromatic rings. The van der Waals surface area contributed by atoms with E-state index in [4.69, 9.17) is 15.4 Å². The van der Waals surface area contributed by atoms with Crippen LogP contribution in [0.3, 0.4) is 0 Å². The van der Waals surface area contributed by atoms with Gasteiger partial charge in [-0.15, -0.1) is 0 Å². The second kappa shape index (κ2) is 4.26. The molecule has 88 valence electrons. The van der Waals surface area contributed by atoms with Gasteiger partial charge in [-0.2, -0.15) is 0 Å². The molecule has 0 saturated heterocycles. The zero-order chi connectivity index (χ0) is 11.8. The van der Waals surface area contributed by atoms with E-state index in [9.17, 15) is 8.42 Å². The van der Waals surface area contributed by atoms with Crippen LogP contribution in [0.1, 0.15) is 24.5 Å². The second-order valence-electron chi connectivity index (χ2n) is 4.09. The molecule has 1 atom stereocenters. The summed E-state index contributed by atoms with van der Waals surface area (Å²) in [4.78, 5) is 0. The van der Waals surface area contributed by atoms with Crippen LogP contribution in [0.5, 0.6) is 5.75 Å². The van der Waals surface area contributed by atoms with Crippen molar-refractivity contribution in [3.63, 3.8) is 0 Å². The summed E-state index contributed by atoms with van der Waals surface area (Å²) in [6.45, 7) is 2.03. The van der Waals surface area contributed by atoms with E-state index in [1.54, 1.807) is 6.07 Å². The van der Waals surface area contributed by atoms with Crippen LogP contribution in [-0.2, 0) is 21.2 Å². The van der Waals surface area contributed by atoms with E-state index in [1.807, 2.05) is 19.1 Å². The van der Waals surface area contributed by atoms with Crippen LogP contribution in [0.15, 0.2) is 18.2 Å². The quantitative estimate of drug-likeness (QED) is 0.768. The lowest BCUT2D eigenvalue weighted by atomic mass is 10.0. The maximum Gasteiger partial charge on any atom is 0.236 e. The Morgan fingerprint density at radius 1 is 1.50 bits per heavy atom. The van der Waals surface area contributed by atoms with Crippen molar-refractivity contribution in [1.82, 2.24) is 0 Å². The molecule has 16 heavy (non-hydrogen) atoms. The highest BCUT2D eigenvalue weighted by molar-refractivity contribution is 8.13. The fourth-order valence-corrected chi connectivity index (χ4v) is 2.82. The van der Waals surface area contributed by atoms with Crippen LogP contribution < -0.4 is 4.74 Å². The van der Waals surface area contributed by atoms with Crippen molar-refractivity contribution in [2.24, 2.45) is 0 Å². The molecule has 0 aliphatic carbocycles. The highest BCUT2D eigenvalue weighted by Gasteiger charge is 2.17. The smallest absolute Gasteiger partial charge is 0.236 e. The minimum Gasteiger partial charge on any atom is -0.490 e. The van der Waals surface area contributed by atoms with Gasteiger partial charge in [0.2, 0.25) is 9.05 Å². The first-order valence-corrected chi connectivity index (χ1v) is 7.63. The number of aryl methyl sites for hydroxylation is 1. The van der Waals surface area contributed by atoms with E-state index in [0.717, 1.165) is 24.2 Å². The number of benzene rings is 1. The summed E-state index contributed by atoms with van der Waals surface area (Å²) in [6.07, 6.45) is 2.12.